The van der Waals surface area contributed by atoms with E-state index in [0.29, 0.717) is 12.3 Å². The number of aryl methyl sites for hydroxylation is 1. The summed E-state index contributed by atoms with van der Waals surface area (Å²) in [4.78, 5) is 13.9. The highest BCUT2D eigenvalue weighted by molar-refractivity contribution is 7.99. The second-order valence-electron chi connectivity index (χ2n) is 5.21. The maximum atomic E-state index is 12.1. The van der Waals surface area contributed by atoms with Crippen LogP contribution in [0.25, 0.3) is 0 Å². The van der Waals surface area contributed by atoms with Crippen molar-refractivity contribution in [1.29, 1.82) is 0 Å². The van der Waals surface area contributed by atoms with Crippen molar-refractivity contribution >= 4 is 17.7 Å². The molecule has 3 heteroatoms. The minimum atomic E-state index is 0.177. The number of hydrogen-bond donors (Lipinski definition) is 0. The smallest absolute Gasteiger partial charge is 0.232 e. The molecule has 0 aliphatic rings. The SMILES string of the molecule is Cc1ccc(CSCC(=O)N(C)Cc2ccccc2)cc1. The van der Waals surface area contributed by atoms with Crippen molar-refractivity contribution in [3.63, 3.8) is 0 Å². The molecule has 0 saturated heterocycles. The summed E-state index contributed by atoms with van der Waals surface area (Å²) in [5.41, 5.74) is 3.70. The van der Waals surface area contributed by atoms with Crippen molar-refractivity contribution in [1.82, 2.24) is 4.90 Å². The molecule has 2 nitrogen and oxygen atoms in total. The highest BCUT2D eigenvalue weighted by Crippen LogP contribution is 2.14. The van der Waals surface area contributed by atoms with Gasteiger partial charge in [0.25, 0.3) is 0 Å². The van der Waals surface area contributed by atoms with Gasteiger partial charge in [0, 0.05) is 19.3 Å². The van der Waals surface area contributed by atoms with Gasteiger partial charge < -0.3 is 4.90 Å². The Morgan fingerprint density at radius 2 is 1.67 bits per heavy atom. The lowest BCUT2D eigenvalue weighted by Crippen LogP contribution is -2.27. The first-order valence-corrected chi connectivity index (χ1v) is 8.22. The van der Waals surface area contributed by atoms with Crippen molar-refractivity contribution in [3.05, 3.63) is 71.3 Å². The molecule has 2 rings (SSSR count). The van der Waals surface area contributed by atoms with Gasteiger partial charge in [0.05, 0.1) is 5.75 Å². The quantitative estimate of drug-likeness (QED) is 0.806. The molecule has 0 aliphatic heterocycles. The van der Waals surface area contributed by atoms with Gasteiger partial charge in [-0.25, -0.2) is 0 Å². The maximum Gasteiger partial charge on any atom is 0.232 e. The predicted molar refractivity (Wildman–Crippen MR) is 90.3 cm³/mol. The number of carbonyl (C=O) groups is 1. The number of nitrogens with zero attached hydrogens (tertiary/aromatic N) is 1. The summed E-state index contributed by atoms with van der Waals surface area (Å²) in [6, 6.07) is 18.5. The fraction of sp³-hybridized carbons (Fsp3) is 0.278. The molecule has 0 heterocycles. The monoisotopic (exact) mass is 299 g/mol. The van der Waals surface area contributed by atoms with Crippen LogP contribution >= 0.6 is 11.8 Å². The van der Waals surface area contributed by atoms with Crippen molar-refractivity contribution in [2.24, 2.45) is 0 Å². The third kappa shape index (κ3) is 5.27. The van der Waals surface area contributed by atoms with E-state index in [9.17, 15) is 4.79 Å². The molecule has 2 aromatic rings. The first-order chi connectivity index (χ1) is 10.1. The Morgan fingerprint density at radius 1 is 1.00 bits per heavy atom. The normalized spacial score (nSPS) is 10.4. The highest BCUT2D eigenvalue weighted by atomic mass is 32.2. The molecule has 0 atom stereocenters. The molecule has 21 heavy (non-hydrogen) atoms. The summed E-state index contributed by atoms with van der Waals surface area (Å²) in [5.74, 6) is 1.58. The number of amides is 1. The zero-order chi connectivity index (χ0) is 15.1. The number of rotatable bonds is 6. The lowest BCUT2D eigenvalue weighted by Gasteiger charge is -2.17. The average molecular weight is 299 g/mol. The number of thioether (sulfide) groups is 1. The zero-order valence-electron chi connectivity index (χ0n) is 12.6. The van der Waals surface area contributed by atoms with Crippen LogP contribution in [-0.2, 0) is 17.1 Å². The van der Waals surface area contributed by atoms with Crippen LogP contribution in [0.3, 0.4) is 0 Å². The van der Waals surface area contributed by atoms with E-state index in [1.165, 1.54) is 11.1 Å². The van der Waals surface area contributed by atoms with Gasteiger partial charge in [-0.05, 0) is 18.1 Å². The largest absolute Gasteiger partial charge is 0.341 e. The molecule has 0 bridgehead atoms. The minimum absolute atomic E-state index is 0.177. The van der Waals surface area contributed by atoms with E-state index in [4.69, 9.17) is 0 Å². The van der Waals surface area contributed by atoms with Crippen molar-refractivity contribution in [3.8, 4) is 0 Å². The van der Waals surface area contributed by atoms with Gasteiger partial charge in [0.2, 0.25) is 5.91 Å². The molecule has 0 unspecified atom stereocenters. The van der Waals surface area contributed by atoms with Gasteiger partial charge in [-0.3, -0.25) is 4.79 Å². The van der Waals surface area contributed by atoms with Crippen molar-refractivity contribution in [2.45, 2.75) is 19.2 Å². The standard InChI is InChI=1S/C18H21NOS/c1-15-8-10-17(11-9-15)13-21-14-18(20)19(2)12-16-6-4-3-5-7-16/h3-11H,12-14H2,1-2H3. The van der Waals surface area contributed by atoms with E-state index < -0.39 is 0 Å². The molecular weight excluding hydrogens is 278 g/mol. The van der Waals surface area contributed by atoms with Gasteiger partial charge >= 0.3 is 0 Å². The molecule has 0 radical (unpaired) electrons. The third-order valence-corrected chi connectivity index (χ3v) is 4.29. The molecule has 110 valence electrons. The summed E-state index contributed by atoms with van der Waals surface area (Å²) in [7, 11) is 1.86. The third-order valence-electron chi connectivity index (χ3n) is 3.30. The summed E-state index contributed by atoms with van der Waals surface area (Å²) >= 11 is 1.67. The Bertz CT molecular complexity index is 566. The van der Waals surface area contributed by atoms with Crippen LogP contribution in [0.2, 0.25) is 0 Å². The van der Waals surface area contributed by atoms with Crippen LogP contribution in [0.4, 0.5) is 0 Å². The van der Waals surface area contributed by atoms with Crippen molar-refractivity contribution < 1.29 is 4.79 Å². The molecule has 0 fully saturated rings. The Balaban J connectivity index is 1.75. The first-order valence-electron chi connectivity index (χ1n) is 7.06. The van der Waals surface area contributed by atoms with Crippen LogP contribution < -0.4 is 0 Å². The lowest BCUT2D eigenvalue weighted by molar-refractivity contribution is -0.127. The molecule has 0 aromatic heterocycles. The summed E-state index contributed by atoms with van der Waals surface area (Å²) in [5, 5.41) is 0. The predicted octanol–water partition coefficient (Wildman–Crippen LogP) is 3.89. The van der Waals surface area contributed by atoms with E-state index in [2.05, 4.69) is 31.2 Å². The van der Waals surface area contributed by atoms with Gasteiger partial charge in [-0.2, -0.15) is 0 Å². The number of hydrogen-bond acceptors (Lipinski definition) is 2. The maximum absolute atomic E-state index is 12.1. The second kappa shape index (κ2) is 7.89. The second-order valence-corrected chi connectivity index (χ2v) is 6.20. The van der Waals surface area contributed by atoms with E-state index in [-0.39, 0.29) is 5.91 Å². The number of carbonyl (C=O) groups excluding carboxylic acids is 1. The number of benzene rings is 2. The van der Waals surface area contributed by atoms with Crippen LogP contribution in [0.5, 0.6) is 0 Å². The topological polar surface area (TPSA) is 20.3 Å². The molecule has 0 spiro atoms. The molecule has 1 amide bonds. The van der Waals surface area contributed by atoms with Crippen molar-refractivity contribution in [2.75, 3.05) is 12.8 Å². The molecule has 0 saturated carbocycles. The van der Waals surface area contributed by atoms with E-state index in [1.807, 2.05) is 37.4 Å². The molecule has 0 aliphatic carbocycles. The van der Waals surface area contributed by atoms with Crippen LogP contribution in [0.1, 0.15) is 16.7 Å². The van der Waals surface area contributed by atoms with Gasteiger partial charge in [0.15, 0.2) is 0 Å². The zero-order valence-corrected chi connectivity index (χ0v) is 13.4. The van der Waals surface area contributed by atoms with Crippen LogP contribution in [-0.4, -0.2) is 23.6 Å². The molecular formula is C18H21NOS. The fourth-order valence-corrected chi connectivity index (χ4v) is 2.92. The van der Waals surface area contributed by atoms with E-state index in [0.717, 1.165) is 11.3 Å². The summed E-state index contributed by atoms with van der Waals surface area (Å²) < 4.78 is 0. The van der Waals surface area contributed by atoms with E-state index in [1.54, 1.807) is 16.7 Å². The Kier molecular flexibility index (Phi) is 5.88. The van der Waals surface area contributed by atoms with E-state index >= 15 is 0 Å². The highest BCUT2D eigenvalue weighted by Gasteiger charge is 2.09. The lowest BCUT2D eigenvalue weighted by atomic mass is 10.2. The minimum Gasteiger partial charge on any atom is -0.341 e. The van der Waals surface area contributed by atoms with Gasteiger partial charge in [0.1, 0.15) is 0 Å². The Hall–Kier alpha value is -1.74. The summed E-state index contributed by atoms with van der Waals surface area (Å²) in [6.45, 7) is 2.75. The van der Waals surface area contributed by atoms with Crippen LogP contribution in [0, 0.1) is 6.92 Å². The Labute approximate surface area is 131 Å². The fourth-order valence-electron chi connectivity index (χ4n) is 2.00. The molecule has 2 aromatic carbocycles. The van der Waals surface area contributed by atoms with Gasteiger partial charge in [-0.1, -0.05) is 60.2 Å². The van der Waals surface area contributed by atoms with Crippen LogP contribution in [0.15, 0.2) is 54.6 Å². The molecule has 0 N–H and O–H groups in total. The summed E-state index contributed by atoms with van der Waals surface area (Å²) in [6.07, 6.45) is 0. The average Bonchev–Trinajstić information content (AvgIpc) is 2.50. The Morgan fingerprint density at radius 3 is 2.33 bits per heavy atom. The van der Waals surface area contributed by atoms with Gasteiger partial charge in [-0.15, -0.1) is 11.8 Å². The first kappa shape index (κ1) is 15.6.